The van der Waals surface area contributed by atoms with Crippen LogP contribution in [0.4, 0.5) is 0 Å². The number of aromatic hydroxyl groups is 1. The molecule has 0 aliphatic heterocycles. The van der Waals surface area contributed by atoms with Gasteiger partial charge in [-0.05, 0) is 40.5 Å². The van der Waals surface area contributed by atoms with Gasteiger partial charge in [0.25, 0.3) is 0 Å². The highest BCUT2D eigenvalue weighted by molar-refractivity contribution is 9.10. The first kappa shape index (κ1) is 8.27. The first-order valence-corrected chi connectivity index (χ1v) is 3.89. The molecule has 0 radical (unpaired) electrons. The number of halogens is 1. The van der Waals surface area contributed by atoms with Crippen LogP contribution in [0.1, 0.15) is 15.9 Å². The van der Waals surface area contributed by atoms with Gasteiger partial charge in [0, 0.05) is 5.56 Å². The van der Waals surface area contributed by atoms with E-state index in [9.17, 15) is 4.79 Å². The zero-order chi connectivity index (χ0) is 8.43. The molecule has 0 saturated heterocycles. The molecule has 58 valence electrons. The van der Waals surface area contributed by atoms with Crippen LogP contribution in [-0.4, -0.2) is 11.4 Å². The Morgan fingerprint density at radius 3 is 2.73 bits per heavy atom. The van der Waals surface area contributed by atoms with Gasteiger partial charge >= 0.3 is 0 Å². The van der Waals surface area contributed by atoms with Crippen LogP contribution in [0.3, 0.4) is 0 Å². The zero-order valence-corrected chi connectivity index (χ0v) is 7.55. The van der Waals surface area contributed by atoms with E-state index < -0.39 is 0 Å². The van der Waals surface area contributed by atoms with Crippen LogP contribution in [0.15, 0.2) is 16.6 Å². The molecular formula is C8H7BrO2. The van der Waals surface area contributed by atoms with E-state index in [0.717, 1.165) is 11.8 Å². The Hall–Kier alpha value is -0.830. The summed E-state index contributed by atoms with van der Waals surface area (Å²) in [5.74, 6) is 0.160. The minimum atomic E-state index is 0.160. The third kappa shape index (κ3) is 1.43. The molecule has 0 heterocycles. The van der Waals surface area contributed by atoms with Crippen molar-refractivity contribution in [3.05, 3.63) is 27.7 Å². The maximum atomic E-state index is 10.4. The highest BCUT2D eigenvalue weighted by Crippen LogP contribution is 2.28. The van der Waals surface area contributed by atoms with Crippen LogP contribution in [0.2, 0.25) is 0 Å². The topological polar surface area (TPSA) is 37.3 Å². The molecular weight excluding hydrogens is 208 g/mol. The summed E-state index contributed by atoms with van der Waals surface area (Å²) in [6, 6.07) is 3.07. The Labute approximate surface area is 73.0 Å². The van der Waals surface area contributed by atoms with E-state index in [4.69, 9.17) is 5.11 Å². The molecule has 0 aliphatic rings. The smallest absolute Gasteiger partial charge is 0.150 e. The zero-order valence-electron chi connectivity index (χ0n) is 5.97. The lowest BCUT2D eigenvalue weighted by atomic mass is 10.1. The summed E-state index contributed by atoms with van der Waals surface area (Å²) >= 11 is 3.16. The van der Waals surface area contributed by atoms with Gasteiger partial charge in [0.05, 0.1) is 4.47 Å². The van der Waals surface area contributed by atoms with Gasteiger partial charge in [-0.15, -0.1) is 0 Å². The predicted octanol–water partition coefficient (Wildman–Crippen LogP) is 2.28. The summed E-state index contributed by atoms with van der Waals surface area (Å²) in [5.41, 5.74) is 1.36. The normalized spacial score (nSPS) is 9.64. The first-order chi connectivity index (χ1) is 5.16. The van der Waals surface area contributed by atoms with E-state index in [-0.39, 0.29) is 5.75 Å². The fraction of sp³-hybridized carbons (Fsp3) is 0.125. The summed E-state index contributed by atoms with van der Waals surface area (Å²) in [6.45, 7) is 1.77. The van der Waals surface area contributed by atoms with Crippen LogP contribution in [-0.2, 0) is 0 Å². The molecule has 0 spiro atoms. The number of phenols is 1. The molecule has 0 atom stereocenters. The van der Waals surface area contributed by atoms with Gasteiger partial charge in [0.2, 0.25) is 0 Å². The van der Waals surface area contributed by atoms with Crippen molar-refractivity contribution >= 4 is 22.2 Å². The average Bonchev–Trinajstić information content (AvgIpc) is 2.01. The average molecular weight is 215 g/mol. The van der Waals surface area contributed by atoms with E-state index in [1.54, 1.807) is 13.0 Å². The van der Waals surface area contributed by atoms with Crippen molar-refractivity contribution < 1.29 is 9.90 Å². The molecule has 1 rings (SSSR count). The number of carbonyl (C=O) groups is 1. The van der Waals surface area contributed by atoms with Crippen LogP contribution >= 0.6 is 15.9 Å². The van der Waals surface area contributed by atoms with Crippen molar-refractivity contribution in [1.82, 2.24) is 0 Å². The third-order valence-electron chi connectivity index (χ3n) is 1.53. The second kappa shape index (κ2) is 3.05. The quantitative estimate of drug-likeness (QED) is 0.729. The maximum absolute atomic E-state index is 10.4. The minimum absolute atomic E-state index is 0.160. The molecule has 0 aliphatic carbocycles. The number of carbonyl (C=O) groups excluding carboxylic acids is 1. The van der Waals surface area contributed by atoms with Crippen molar-refractivity contribution in [2.75, 3.05) is 0 Å². The maximum Gasteiger partial charge on any atom is 0.150 e. The number of aldehydes is 1. The lowest BCUT2D eigenvalue weighted by Gasteiger charge is -2.02. The molecule has 3 heteroatoms. The van der Waals surface area contributed by atoms with Crippen LogP contribution < -0.4 is 0 Å². The monoisotopic (exact) mass is 214 g/mol. The fourth-order valence-electron chi connectivity index (χ4n) is 0.813. The highest BCUT2D eigenvalue weighted by atomic mass is 79.9. The fourth-order valence-corrected chi connectivity index (χ4v) is 1.17. The van der Waals surface area contributed by atoms with Gasteiger partial charge in [-0.25, -0.2) is 0 Å². The van der Waals surface area contributed by atoms with Gasteiger partial charge in [-0.3, -0.25) is 4.79 Å². The molecule has 0 bridgehead atoms. The number of hydrogen-bond donors (Lipinski definition) is 1. The van der Waals surface area contributed by atoms with Crippen molar-refractivity contribution in [1.29, 1.82) is 0 Å². The lowest BCUT2D eigenvalue weighted by molar-refractivity contribution is 0.112. The van der Waals surface area contributed by atoms with Crippen molar-refractivity contribution in [3.63, 3.8) is 0 Å². The molecule has 0 fully saturated rings. The lowest BCUT2D eigenvalue weighted by Crippen LogP contribution is -1.86. The molecule has 0 aromatic heterocycles. The predicted molar refractivity (Wildman–Crippen MR) is 45.9 cm³/mol. The highest BCUT2D eigenvalue weighted by Gasteiger charge is 2.04. The van der Waals surface area contributed by atoms with Gasteiger partial charge in [0.15, 0.2) is 0 Å². The molecule has 1 N–H and O–H groups in total. The molecule has 1 aromatic carbocycles. The van der Waals surface area contributed by atoms with Crippen LogP contribution in [0.25, 0.3) is 0 Å². The van der Waals surface area contributed by atoms with Crippen molar-refractivity contribution in [3.8, 4) is 5.75 Å². The van der Waals surface area contributed by atoms with Gasteiger partial charge in [0.1, 0.15) is 12.0 Å². The molecule has 0 saturated carbocycles. The number of hydrogen-bond acceptors (Lipinski definition) is 2. The summed E-state index contributed by atoms with van der Waals surface area (Å²) < 4.78 is 0.585. The number of rotatable bonds is 1. The van der Waals surface area contributed by atoms with E-state index in [1.165, 1.54) is 6.07 Å². The van der Waals surface area contributed by atoms with E-state index in [2.05, 4.69) is 15.9 Å². The standard InChI is InChI=1S/C8H7BrO2/c1-5-6(4-10)2-3-7(11)8(5)9/h2-4,11H,1H3. The SMILES string of the molecule is Cc1c(C=O)ccc(O)c1Br. The molecule has 0 unspecified atom stereocenters. The van der Waals surface area contributed by atoms with Crippen LogP contribution in [0.5, 0.6) is 5.75 Å². The Morgan fingerprint density at radius 2 is 2.18 bits per heavy atom. The molecule has 11 heavy (non-hydrogen) atoms. The molecule has 1 aromatic rings. The third-order valence-corrected chi connectivity index (χ3v) is 2.54. The molecule has 0 amide bonds. The number of phenolic OH excluding ortho intramolecular Hbond substituents is 1. The Balaban J connectivity index is 3.36. The molecule has 2 nitrogen and oxygen atoms in total. The van der Waals surface area contributed by atoms with E-state index in [0.29, 0.717) is 10.0 Å². The summed E-state index contributed by atoms with van der Waals surface area (Å²) in [7, 11) is 0. The van der Waals surface area contributed by atoms with Crippen LogP contribution in [0, 0.1) is 6.92 Å². The van der Waals surface area contributed by atoms with E-state index in [1.807, 2.05) is 0 Å². The number of benzene rings is 1. The van der Waals surface area contributed by atoms with Crippen molar-refractivity contribution in [2.24, 2.45) is 0 Å². The van der Waals surface area contributed by atoms with Crippen molar-refractivity contribution in [2.45, 2.75) is 6.92 Å². The van der Waals surface area contributed by atoms with Gasteiger partial charge in [-0.1, -0.05) is 0 Å². The summed E-state index contributed by atoms with van der Waals surface area (Å²) in [5, 5.41) is 9.16. The van der Waals surface area contributed by atoms with Gasteiger partial charge < -0.3 is 5.11 Å². The largest absolute Gasteiger partial charge is 0.507 e. The van der Waals surface area contributed by atoms with E-state index >= 15 is 0 Å². The Bertz CT molecular complexity index is 294. The second-order valence-electron chi connectivity index (χ2n) is 2.23. The summed E-state index contributed by atoms with van der Waals surface area (Å²) in [4.78, 5) is 10.4. The Morgan fingerprint density at radius 1 is 1.55 bits per heavy atom. The first-order valence-electron chi connectivity index (χ1n) is 3.10. The Kier molecular flexibility index (Phi) is 2.29. The second-order valence-corrected chi connectivity index (χ2v) is 3.02. The minimum Gasteiger partial charge on any atom is -0.507 e. The van der Waals surface area contributed by atoms with Gasteiger partial charge in [-0.2, -0.15) is 0 Å². The summed E-state index contributed by atoms with van der Waals surface area (Å²) in [6.07, 6.45) is 0.763.